The molecule has 0 spiro atoms. The summed E-state index contributed by atoms with van der Waals surface area (Å²) in [6.07, 6.45) is 2.45. The van der Waals surface area contributed by atoms with Crippen LogP contribution in [0.25, 0.3) is 0 Å². The zero-order valence-electron chi connectivity index (χ0n) is 7.20. The molecule has 0 fully saturated rings. The Bertz CT molecular complexity index is 66.6. The topological polar surface area (TPSA) is 0 Å². The van der Waals surface area contributed by atoms with E-state index in [0.717, 1.165) is 0 Å². The Labute approximate surface area is 59.7 Å². The molecule has 56 valence electrons. The Hall–Kier alpha value is 0. The molecule has 0 aliphatic carbocycles. The molecule has 0 aromatic heterocycles. The van der Waals surface area contributed by atoms with Gasteiger partial charge in [-0.15, -0.1) is 0 Å². The molecule has 0 radical (unpaired) electrons. The van der Waals surface area contributed by atoms with Gasteiger partial charge in [-0.1, -0.05) is 40.5 Å². The smallest absolute Gasteiger partial charge is 0.0404 e. The highest BCUT2D eigenvalue weighted by Gasteiger charge is 2.09. The van der Waals surface area contributed by atoms with Crippen LogP contribution in [0.4, 0.5) is 0 Å². The van der Waals surface area contributed by atoms with Crippen molar-refractivity contribution in [2.45, 2.75) is 40.5 Å². The molecule has 0 aliphatic heterocycles. The molecule has 0 bridgehead atoms. The Morgan fingerprint density at radius 2 is 1.78 bits per heavy atom. The minimum atomic E-state index is 0.461. The molecule has 0 aromatic carbocycles. The van der Waals surface area contributed by atoms with Crippen LogP contribution in [0, 0.1) is 18.3 Å². The summed E-state index contributed by atoms with van der Waals surface area (Å²) < 4.78 is 0. The van der Waals surface area contributed by atoms with Crippen LogP contribution in [0.3, 0.4) is 0 Å². The van der Waals surface area contributed by atoms with Gasteiger partial charge in [0.2, 0.25) is 0 Å². The lowest BCUT2D eigenvalue weighted by molar-refractivity contribution is 0.319. The Kier molecular flexibility index (Phi) is 3.24. The molecule has 0 heterocycles. The average Bonchev–Trinajstić information content (AvgIpc) is 1.62. The van der Waals surface area contributed by atoms with Crippen LogP contribution in [-0.2, 0) is 0 Å². The van der Waals surface area contributed by atoms with Crippen LogP contribution in [0.1, 0.15) is 40.5 Å². The van der Waals surface area contributed by atoms with Gasteiger partial charge in [0.1, 0.15) is 0 Å². The van der Waals surface area contributed by atoms with E-state index >= 15 is 0 Å². The fourth-order valence-corrected chi connectivity index (χ4v) is 1.01. The van der Waals surface area contributed by atoms with E-state index in [4.69, 9.17) is 0 Å². The highest BCUT2D eigenvalue weighted by molar-refractivity contribution is 4.69. The monoisotopic (exact) mass is 127 g/mol. The van der Waals surface area contributed by atoms with Gasteiger partial charge in [-0.3, -0.25) is 0 Å². The molecule has 0 saturated heterocycles. The van der Waals surface area contributed by atoms with Gasteiger partial charge >= 0.3 is 0 Å². The molecular formula is C9H19-. The predicted molar refractivity (Wildman–Crippen MR) is 43.2 cm³/mol. The van der Waals surface area contributed by atoms with E-state index in [1.165, 1.54) is 12.8 Å². The minimum absolute atomic E-state index is 0.461. The van der Waals surface area contributed by atoms with Gasteiger partial charge < -0.3 is 6.92 Å². The van der Waals surface area contributed by atoms with Gasteiger partial charge in [-0.25, -0.2) is 0 Å². The second-order valence-electron chi connectivity index (χ2n) is 4.04. The Morgan fingerprint density at radius 3 is 1.89 bits per heavy atom. The lowest BCUT2D eigenvalue weighted by Gasteiger charge is -2.26. The van der Waals surface area contributed by atoms with Gasteiger partial charge in [-0.05, 0) is 5.41 Å². The van der Waals surface area contributed by atoms with Crippen molar-refractivity contribution in [3.63, 3.8) is 0 Å². The molecule has 0 N–H and O–H groups in total. The van der Waals surface area contributed by atoms with E-state index in [1.54, 1.807) is 0 Å². The second kappa shape index (κ2) is 3.24. The molecule has 0 amide bonds. The summed E-state index contributed by atoms with van der Waals surface area (Å²) in [4.78, 5) is 0. The number of hydrogen-bond donors (Lipinski definition) is 0. The third kappa shape index (κ3) is 5.88. The fraction of sp³-hybridized carbons (Fsp3) is 0.889. The maximum atomic E-state index is 4.04. The van der Waals surface area contributed by atoms with Gasteiger partial charge in [0.05, 0.1) is 0 Å². The first kappa shape index (κ1) is 9.00. The number of rotatable bonds is 2. The second-order valence-corrected chi connectivity index (χ2v) is 4.04. The fourth-order valence-electron chi connectivity index (χ4n) is 1.01. The quantitative estimate of drug-likeness (QED) is 0.499. The first-order chi connectivity index (χ1) is 3.95. The summed E-state index contributed by atoms with van der Waals surface area (Å²) in [5.41, 5.74) is 0.461. The molecule has 1 unspecified atom stereocenters. The molecule has 0 nitrogen and oxygen atoms in total. The summed E-state index contributed by atoms with van der Waals surface area (Å²) in [6.45, 7) is 13.0. The molecule has 9 heavy (non-hydrogen) atoms. The zero-order chi connectivity index (χ0) is 7.49. The van der Waals surface area contributed by atoms with E-state index in [-0.39, 0.29) is 0 Å². The van der Waals surface area contributed by atoms with Gasteiger partial charge in [0, 0.05) is 0 Å². The summed E-state index contributed by atoms with van der Waals surface area (Å²) >= 11 is 0. The van der Waals surface area contributed by atoms with E-state index in [0.29, 0.717) is 11.3 Å². The van der Waals surface area contributed by atoms with Crippen LogP contribution in [0.2, 0.25) is 0 Å². The molecule has 1 atom stereocenters. The average molecular weight is 127 g/mol. The van der Waals surface area contributed by atoms with Crippen molar-refractivity contribution in [1.29, 1.82) is 0 Å². The highest BCUT2D eigenvalue weighted by Crippen LogP contribution is 2.25. The minimum Gasteiger partial charge on any atom is -0.340 e. The van der Waals surface area contributed by atoms with Crippen LogP contribution >= 0.6 is 0 Å². The Morgan fingerprint density at radius 1 is 1.33 bits per heavy atom. The lowest BCUT2D eigenvalue weighted by Crippen LogP contribution is -2.10. The van der Waals surface area contributed by atoms with Crippen molar-refractivity contribution in [3.8, 4) is 0 Å². The molecule has 0 heteroatoms. The van der Waals surface area contributed by atoms with Crippen LogP contribution in [0.5, 0.6) is 0 Å². The van der Waals surface area contributed by atoms with Crippen LogP contribution < -0.4 is 0 Å². The maximum absolute atomic E-state index is 4.04. The van der Waals surface area contributed by atoms with E-state index in [9.17, 15) is 0 Å². The standard InChI is InChI=1S/C9H19/c1-6-8(2)7-9(3,4)5/h8H,2,6-7H2,1,3-5H3/q-1. The zero-order valence-corrected chi connectivity index (χ0v) is 7.20. The largest absolute Gasteiger partial charge is 0.340 e. The summed E-state index contributed by atoms with van der Waals surface area (Å²) in [6, 6.07) is 0. The normalized spacial score (nSPS) is 15.7. The molecule has 0 aromatic rings. The SMILES string of the molecule is [CH2-]C(CC)CC(C)(C)C. The highest BCUT2D eigenvalue weighted by atomic mass is 14.2. The van der Waals surface area contributed by atoms with Crippen molar-refractivity contribution >= 4 is 0 Å². The van der Waals surface area contributed by atoms with Crippen molar-refractivity contribution < 1.29 is 0 Å². The molecule has 0 rings (SSSR count). The maximum Gasteiger partial charge on any atom is -0.0404 e. The van der Waals surface area contributed by atoms with E-state index in [1.807, 2.05) is 0 Å². The van der Waals surface area contributed by atoms with Crippen molar-refractivity contribution in [2.24, 2.45) is 11.3 Å². The molecule has 0 aliphatic rings. The Balaban J connectivity index is 3.47. The first-order valence-electron chi connectivity index (χ1n) is 3.79. The predicted octanol–water partition coefficient (Wildman–Crippen LogP) is 3.28. The summed E-state index contributed by atoms with van der Waals surface area (Å²) in [5, 5.41) is 0. The molecule has 0 saturated carbocycles. The molecular weight excluding hydrogens is 108 g/mol. The van der Waals surface area contributed by atoms with E-state index in [2.05, 4.69) is 34.6 Å². The van der Waals surface area contributed by atoms with E-state index < -0.39 is 0 Å². The summed E-state index contributed by atoms with van der Waals surface area (Å²) in [7, 11) is 0. The third-order valence-corrected chi connectivity index (χ3v) is 1.48. The number of hydrogen-bond acceptors (Lipinski definition) is 0. The van der Waals surface area contributed by atoms with Gasteiger partial charge in [-0.2, -0.15) is 5.92 Å². The van der Waals surface area contributed by atoms with Crippen molar-refractivity contribution in [3.05, 3.63) is 6.92 Å². The summed E-state index contributed by atoms with van der Waals surface area (Å²) in [5.74, 6) is 0.644. The van der Waals surface area contributed by atoms with Gasteiger partial charge in [0.15, 0.2) is 0 Å². The van der Waals surface area contributed by atoms with Gasteiger partial charge in [0.25, 0.3) is 0 Å². The third-order valence-electron chi connectivity index (χ3n) is 1.48. The van der Waals surface area contributed by atoms with Crippen molar-refractivity contribution in [1.82, 2.24) is 0 Å². The first-order valence-corrected chi connectivity index (χ1v) is 3.79. The van der Waals surface area contributed by atoms with Crippen LogP contribution in [-0.4, -0.2) is 0 Å². The van der Waals surface area contributed by atoms with Crippen LogP contribution in [0.15, 0.2) is 0 Å². The van der Waals surface area contributed by atoms with Crippen molar-refractivity contribution in [2.75, 3.05) is 0 Å². The lowest BCUT2D eigenvalue weighted by atomic mass is 9.84.